The van der Waals surface area contributed by atoms with Gasteiger partial charge in [-0.25, -0.2) is 0 Å². The van der Waals surface area contributed by atoms with Gasteiger partial charge >= 0.3 is 0 Å². The monoisotopic (exact) mass is 381 g/mol. The number of halogens is 1. The molecule has 0 unspecified atom stereocenters. The lowest BCUT2D eigenvalue weighted by Crippen LogP contribution is -2.32. The number of carbonyl (C=O) groups is 2. The van der Waals surface area contributed by atoms with Gasteiger partial charge in [-0.2, -0.15) is 0 Å². The zero-order chi connectivity index (χ0) is 19.4. The zero-order valence-electron chi connectivity index (χ0n) is 15.2. The Morgan fingerprint density at radius 2 is 1.93 bits per heavy atom. The highest BCUT2D eigenvalue weighted by molar-refractivity contribution is 6.31. The molecule has 1 heterocycles. The van der Waals surface area contributed by atoms with Gasteiger partial charge in [0.1, 0.15) is 0 Å². The number of hydrogen-bond donors (Lipinski definition) is 1. The standard InChI is InChI=1S/C21H20ClN3O2/c1-14-8-9-17(13-18(14)22)25(15(2)26)12-10-20(27)24-19-7-3-5-16-6-4-11-23-21(16)19/h3-9,11,13H,10,12H2,1-2H3,(H,24,27). The van der Waals surface area contributed by atoms with Crippen molar-refractivity contribution in [1.29, 1.82) is 0 Å². The van der Waals surface area contributed by atoms with Gasteiger partial charge in [-0.3, -0.25) is 14.6 Å². The number of carbonyl (C=O) groups excluding carboxylic acids is 2. The number of anilines is 2. The number of nitrogens with zero attached hydrogens (tertiary/aromatic N) is 2. The summed E-state index contributed by atoms with van der Waals surface area (Å²) in [4.78, 5) is 30.3. The molecule has 5 nitrogen and oxygen atoms in total. The van der Waals surface area contributed by atoms with E-state index in [-0.39, 0.29) is 24.8 Å². The second kappa shape index (κ2) is 8.18. The lowest BCUT2D eigenvalue weighted by molar-refractivity contribution is -0.117. The van der Waals surface area contributed by atoms with Gasteiger partial charge in [0.2, 0.25) is 11.8 Å². The Kier molecular flexibility index (Phi) is 5.72. The van der Waals surface area contributed by atoms with Crippen molar-refractivity contribution in [2.45, 2.75) is 20.3 Å². The van der Waals surface area contributed by atoms with Crippen molar-refractivity contribution in [3.05, 3.63) is 65.3 Å². The van der Waals surface area contributed by atoms with E-state index in [4.69, 9.17) is 11.6 Å². The van der Waals surface area contributed by atoms with E-state index in [0.29, 0.717) is 16.4 Å². The molecule has 1 N–H and O–H groups in total. The number of amides is 2. The van der Waals surface area contributed by atoms with E-state index in [1.165, 1.54) is 6.92 Å². The van der Waals surface area contributed by atoms with Crippen LogP contribution in [0.5, 0.6) is 0 Å². The van der Waals surface area contributed by atoms with Crippen LogP contribution >= 0.6 is 11.6 Å². The molecule has 6 heteroatoms. The Morgan fingerprint density at radius 3 is 2.67 bits per heavy atom. The Bertz CT molecular complexity index is 998. The van der Waals surface area contributed by atoms with Crippen LogP contribution in [-0.4, -0.2) is 23.3 Å². The minimum absolute atomic E-state index is 0.144. The normalized spacial score (nSPS) is 10.6. The maximum Gasteiger partial charge on any atom is 0.226 e. The average molecular weight is 382 g/mol. The molecule has 0 atom stereocenters. The maximum absolute atomic E-state index is 12.4. The van der Waals surface area contributed by atoms with Crippen molar-refractivity contribution in [3.8, 4) is 0 Å². The van der Waals surface area contributed by atoms with Crippen LogP contribution in [0.2, 0.25) is 5.02 Å². The quantitative estimate of drug-likeness (QED) is 0.703. The van der Waals surface area contributed by atoms with Crippen LogP contribution in [0, 0.1) is 6.92 Å². The lowest BCUT2D eigenvalue weighted by atomic mass is 10.2. The summed E-state index contributed by atoms with van der Waals surface area (Å²) in [7, 11) is 0. The fraction of sp³-hybridized carbons (Fsp3) is 0.190. The van der Waals surface area contributed by atoms with Crippen LogP contribution in [0.25, 0.3) is 10.9 Å². The van der Waals surface area contributed by atoms with E-state index in [2.05, 4.69) is 10.3 Å². The summed E-state index contributed by atoms with van der Waals surface area (Å²) in [6.45, 7) is 3.63. The van der Waals surface area contributed by atoms with E-state index in [0.717, 1.165) is 16.5 Å². The predicted octanol–water partition coefficient (Wildman–Crippen LogP) is 4.58. The number of para-hydroxylation sites is 1. The van der Waals surface area contributed by atoms with E-state index in [1.54, 1.807) is 17.2 Å². The van der Waals surface area contributed by atoms with Crippen LogP contribution < -0.4 is 10.2 Å². The van der Waals surface area contributed by atoms with E-state index in [1.807, 2.05) is 49.4 Å². The second-order valence-electron chi connectivity index (χ2n) is 6.28. The van der Waals surface area contributed by atoms with Crippen LogP contribution in [0.15, 0.2) is 54.7 Å². The molecule has 138 valence electrons. The van der Waals surface area contributed by atoms with Gasteiger partial charge in [-0.05, 0) is 36.8 Å². The van der Waals surface area contributed by atoms with Gasteiger partial charge in [0.05, 0.1) is 11.2 Å². The summed E-state index contributed by atoms with van der Waals surface area (Å²) in [5.74, 6) is -0.327. The number of hydrogen-bond acceptors (Lipinski definition) is 3. The Labute approximate surface area is 163 Å². The van der Waals surface area contributed by atoms with Crippen molar-refractivity contribution < 1.29 is 9.59 Å². The lowest BCUT2D eigenvalue weighted by Gasteiger charge is -2.21. The molecular formula is C21H20ClN3O2. The SMILES string of the molecule is CC(=O)N(CCC(=O)Nc1cccc2cccnc12)c1ccc(C)c(Cl)c1. The summed E-state index contributed by atoms with van der Waals surface area (Å²) in [6, 6.07) is 14.8. The molecule has 0 saturated heterocycles. The van der Waals surface area contributed by atoms with Crippen molar-refractivity contribution >= 4 is 45.7 Å². The molecule has 0 saturated carbocycles. The van der Waals surface area contributed by atoms with Gasteiger partial charge in [-0.15, -0.1) is 0 Å². The third kappa shape index (κ3) is 4.44. The van der Waals surface area contributed by atoms with Gasteiger partial charge < -0.3 is 10.2 Å². The first kappa shape index (κ1) is 18.9. The van der Waals surface area contributed by atoms with Crippen molar-refractivity contribution in [3.63, 3.8) is 0 Å². The molecule has 1 aromatic heterocycles. The van der Waals surface area contributed by atoms with Crippen molar-refractivity contribution in [2.75, 3.05) is 16.8 Å². The maximum atomic E-state index is 12.4. The largest absolute Gasteiger partial charge is 0.324 e. The number of aromatic nitrogens is 1. The summed E-state index contributed by atoms with van der Waals surface area (Å²) < 4.78 is 0. The predicted molar refractivity (Wildman–Crippen MR) is 109 cm³/mol. The van der Waals surface area contributed by atoms with E-state index < -0.39 is 0 Å². The minimum Gasteiger partial charge on any atom is -0.324 e. The third-order valence-corrected chi connectivity index (χ3v) is 4.72. The molecule has 27 heavy (non-hydrogen) atoms. The zero-order valence-corrected chi connectivity index (χ0v) is 16.0. The smallest absolute Gasteiger partial charge is 0.226 e. The highest BCUT2D eigenvalue weighted by atomic mass is 35.5. The molecule has 2 amide bonds. The Morgan fingerprint density at radius 1 is 1.15 bits per heavy atom. The number of rotatable bonds is 5. The molecule has 0 fully saturated rings. The number of aryl methyl sites for hydroxylation is 1. The summed E-state index contributed by atoms with van der Waals surface area (Å²) in [5.41, 5.74) is 3.01. The number of benzene rings is 2. The Hall–Kier alpha value is -2.92. The van der Waals surface area contributed by atoms with E-state index >= 15 is 0 Å². The third-order valence-electron chi connectivity index (χ3n) is 4.32. The van der Waals surface area contributed by atoms with Crippen LogP contribution in [0.3, 0.4) is 0 Å². The molecule has 0 aliphatic rings. The van der Waals surface area contributed by atoms with Gasteiger partial charge in [0, 0.05) is 42.2 Å². The van der Waals surface area contributed by atoms with Crippen LogP contribution in [0.1, 0.15) is 18.9 Å². The highest BCUT2D eigenvalue weighted by Gasteiger charge is 2.15. The summed E-state index contributed by atoms with van der Waals surface area (Å²) in [5, 5.41) is 4.43. The van der Waals surface area contributed by atoms with Crippen LogP contribution in [-0.2, 0) is 9.59 Å². The molecular weight excluding hydrogens is 362 g/mol. The minimum atomic E-state index is -0.183. The first-order chi connectivity index (χ1) is 13.0. The summed E-state index contributed by atoms with van der Waals surface area (Å²) in [6.07, 6.45) is 1.85. The Balaban J connectivity index is 1.71. The number of fused-ring (bicyclic) bond motifs is 1. The molecule has 0 aliphatic heterocycles. The number of pyridine rings is 1. The molecule has 0 radical (unpaired) electrons. The fourth-order valence-electron chi connectivity index (χ4n) is 2.85. The van der Waals surface area contributed by atoms with Gasteiger partial charge in [0.25, 0.3) is 0 Å². The van der Waals surface area contributed by atoms with Crippen molar-refractivity contribution in [2.24, 2.45) is 0 Å². The molecule has 3 rings (SSSR count). The average Bonchev–Trinajstić information content (AvgIpc) is 2.65. The fourth-order valence-corrected chi connectivity index (χ4v) is 3.02. The van der Waals surface area contributed by atoms with E-state index in [9.17, 15) is 9.59 Å². The molecule has 0 spiro atoms. The molecule has 0 aliphatic carbocycles. The van der Waals surface area contributed by atoms with Gasteiger partial charge in [0.15, 0.2) is 0 Å². The highest BCUT2D eigenvalue weighted by Crippen LogP contribution is 2.24. The molecule has 0 bridgehead atoms. The van der Waals surface area contributed by atoms with Crippen LogP contribution in [0.4, 0.5) is 11.4 Å². The number of nitrogens with one attached hydrogen (secondary N) is 1. The topological polar surface area (TPSA) is 62.3 Å². The second-order valence-corrected chi connectivity index (χ2v) is 6.69. The summed E-state index contributed by atoms with van der Waals surface area (Å²) >= 11 is 6.16. The van der Waals surface area contributed by atoms with Gasteiger partial charge in [-0.1, -0.05) is 35.9 Å². The first-order valence-electron chi connectivity index (χ1n) is 8.63. The first-order valence-corrected chi connectivity index (χ1v) is 9.01. The van der Waals surface area contributed by atoms with Crippen molar-refractivity contribution in [1.82, 2.24) is 4.98 Å². The molecule has 2 aromatic carbocycles. The molecule has 3 aromatic rings.